The van der Waals surface area contributed by atoms with Crippen LogP contribution in [0.2, 0.25) is 0 Å². The molecule has 0 spiro atoms. The van der Waals surface area contributed by atoms with E-state index in [2.05, 4.69) is 51.8 Å². The van der Waals surface area contributed by atoms with Crippen LogP contribution in [0.1, 0.15) is 59.4 Å². The molecule has 2 saturated heterocycles. The molecular weight excluding hydrogens is 354 g/mol. The fraction of sp³-hybridized carbons (Fsp3) is 0.739. The molecule has 2 fully saturated rings. The van der Waals surface area contributed by atoms with E-state index < -0.39 is 0 Å². The van der Waals surface area contributed by atoms with E-state index in [0.717, 1.165) is 44.6 Å². The van der Waals surface area contributed by atoms with Crippen molar-refractivity contribution in [3.63, 3.8) is 0 Å². The molecule has 158 valence electrons. The quantitative estimate of drug-likeness (QED) is 0.554. The molecule has 0 aliphatic carbocycles. The zero-order valence-electron chi connectivity index (χ0n) is 18.2. The first kappa shape index (κ1) is 21.6. The van der Waals surface area contributed by atoms with Gasteiger partial charge in [-0.25, -0.2) is 0 Å². The smallest absolute Gasteiger partial charge is 0.119 e. The number of hydroxylamine groups is 2. The van der Waals surface area contributed by atoms with Crippen molar-refractivity contribution in [2.45, 2.75) is 83.6 Å². The Morgan fingerprint density at radius 3 is 2.25 bits per heavy atom. The van der Waals surface area contributed by atoms with Gasteiger partial charge in [0, 0.05) is 17.7 Å². The van der Waals surface area contributed by atoms with Crippen molar-refractivity contribution in [1.29, 1.82) is 0 Å². The first-order valence-corrected chi connectivity index (χ1v) is 10.7. The van der Waals surface area contributed by atoms with Crippen LogP contribution in [0.5, 0.6) is 5.75 Å². The van der Waals surface area contributed by atoms with E-state index in [1.54, 1.807) is 0 Å². The van der Waals surface area contributed by atoms with Gasteiger partial charge in [0.05, 0.1) is 19.3 Å². The Morgan fingerprint density at radius 1 is 1.04 bits per heavy atom. The van der Waals surface area contributed by atoms with Gasteiger partial charge in [-0.15, -0.1) is 0 Å². The summed E-state index contributed by atoms with van der Waals surface area (Å²) in [5.41, 5.74) is 1.15. The first-order valence-electron chi connectivity index (χ1n) is 10.7. The standard InChI is InChI=1S/C23H37NO4/c1-6-12-25-20-14-22(2,3)24(23(4,5)15-20)28-13-11-18-7-9-19(10-8-18)26-16-21-17-27-21/h7-10,20-21H,6,11-17H2,1-5H3. The lowest BCUT2D eigenvalue weighted by Gasteiger charge is -2.53. The third kappa shape index (κ3) is 5.93. The number of hydrogen-bond acceptors (Lipinski definition) is 5. The monoisotopic (exact) mass is 391 g/mol. The highest BCUT2D eigenvalue weighted by Crippen LogP contribution is 2.39. The molecule has 1 aromatic rings. The van der Waals surface area contributed by atoms with Gasteiger partial charge >= 0.3 is 0 Å². The molecule has 3 rings (SSSR count). The zero-order valence-corrected chi connectivity index (χ0v) is 18.2. The summed E-state index contributed by atoms with van der Waals surface area (Å²) in [6.07, 6.45) is 4.52. The Labute approximate surface area is 170 Å². The second-order valence-electron chi connectivity index (χ2n) is 9.31. The zero-order chi connectivity index (χ0) is 20.2. The molecule has 0 bridgehead atoms. The summed E-state index contributed by atoms with van der Waals surface area (Å²) >= 11 is 0. The summed E-state index contributed by atoms with van der Waals surface area (Å²) in [4.78, 5) is 6.32. The fourth-order valence-electron chi connectivity index (χ4n) is 4.28. The van der Waals surface area contributed by atoms with E-state index in [1.807, 2.05) is 12.1 Å². The summed E-state index contributed by atoms with van der Waals surface area (Å²) in [5.74, 6) is 0.900. The van der Waals surface area contributed by atoms with Crippen LogP contribution in [0.25, 0.3) is 0 Å². The minimum atomic E-state index is -0.0528. The van der Waals surface area contributed by atoms with E-state index in [1.165, 1.54) is 5.56 Å². The minimum Gasteiger partial charge on any atom is -0.491 e. The van der Waals surface area contributed by atoms with Gasteiger partial charge in [0.15, 0.2) is 0 Å². The van der Waals surface area contributed by atoms with Gasteiger partial charge in [0.2, 0.25) is 0 Å². The maximum absolute atomic E-state index is 6.32. The number of epoxide rings is 1. The fourth-order valence-corrected chi connectivity index (χ4v) is 4.28. The predicted octanol–water partition coefficient (Wildman–Crippen LogP) is 4.39. The van der Waals surface area contributed by atoms with Gasteiger partial charge in [0.1, 0.15) is 18.5 Å². The van der Waals surface area contributed by atoms with Crippen LogP contribution in [0.4, 0.5) is 0 Å². The van der Waals surface area contributed by atoms with Crippen molar-refractivity contribution >= 4 is 0 Å². The summed E-state index contributed by atoms with van der Waals surface area (Å²) in [6.45, 7) is 14.2. The van der Waals surface area contributed by atoms with Crippen molar-refractivity contribution in [1.82, 2.24) is 5.06 Å². The van der Waals surface area contributed by atoms with E-state index in [9.17, 15) is 0 Å². The van der Waals surface area contributed by atoms with Gasteiger partial charge < -0.3 is 14.2 Å². The Kier molecular flexibility index (Phi) is 7.02. The molecule has 1 aromatic carbocycles. The molecule has 1 atom stereocenters. The van der Waals surface area contributed by atoms with Crippen LogP contribution in [0.3, 0.4) is 0 Å². The third-order valence-corrected chi connectivity index (χ3v) is 5.48. The van der Waals surface area contributed by atoms with Crippen LogP contribution >= 0.6 is 0 Å². The van der Waals surface area contributed by atoms with Gasteiger partial charge in [-0.3, -0.25) is 4.84 Å². The average Bonchev–Trinajstić information content (AvgIpc) is 3.45. The summed E-state index contributed by atoms with van der Waals surface area (Å²) in [5, 5.41) is 2.21. The lowest BCUT2D eigenvalue weighted by molar-refractivity contribution is -0.294. The van der Waals surface area contributed by atoms with E-state index in [-0.39, 0.29) is 17.2 Å². The van der Waals surface area contributed by atoms with Crippen molar-refractivity contribution in [2.75, 3.05) is 26.4 Å². The lowest BCUT2D eigenvalue weighted by Crippen LogP contribution is -2.62. The van der Waals surface area contributed by atoms with Gasteiger partial charge in [-0.1, -0.05) is 19.1 Å². The van der Waals surface area contributed by atoms with Crippen molar-refractivity contribution in [3.8, 4) is 5.75 Å². The number of ether oxygens (including phenoxy) is 3. The highest BCUT2D eigenvalue weighted by molar-refractivity contribution is 5.27. The number of rotatable bonds is 10. The number of hydrogen-bond donors (Lipinski definition) is 0. The number of benzene rings is 1. The normalized spacial score (nSPS) is 24.2. The molecule has 0 radical (unpaired) electrons. The second-order valence-corrected chi connectivity index (χ2v) is 9.31. The maximum Gasteiger partial charge on any atom is 0.119 e. The molecule has 2 aliphatic heterocycles. The topological polar surface area (TPSA) is 43.5 Å². The Morgan fingerprint density at radius 2 is 1.68 bits per heavy atom. The molecule has 0 amide bonds. The van der Waals surface area contributed by atoms with Crippen LogP contribution in [-0.2, 0) is 20.7 Å². The van der Waals surface area contributed by atoms with Crippen molar-refractivity contribution in [3.05, 3.63) is 29.8 Å². The molecule has 2 heterocycles. The molecule has 5 heteroatoms. The lowest BCUT2D eigenvalue weighted by atomic mass is 9.80. The summed E-state index contributed by atoms with van der Waals surface area (Å²) in [6, 6.07) is 8.30. The molecule has 2 aliphatic rings. The van der Waals surface area contributed by atoms with Gasteiger partial charge in [-0.2, -0.15) is 5.06 Å². The van der Waals surface area contributed by atoms with E-state index >= 15 is 0 Å². The number of piperidine rings is 1. The van der Waals surface area contributed by atoms with E-state index in [4.69, 9.17) is 19.0 Å². The summed E-state index contributed by atoms with van der Waals surface area (Å²) < 4.78 is 16.9. The molecule has 1 unspecified atom stereocenters. The largest absolute Gasteiger partial charge is 0.491 e. The Hall–Kier alpha value is -1.14. The van der Waals surface area contributed by atoms with Crippen LogP contribution in [0.15, 0.2) is 24.3 Å². The van der Waals surface area contributed by atoms with Crippen molar-refractivity contribution in [2.24, 2.45) is 0 Å². The second kappa shape index (κ2) is 9.12. The Bertz CT molecular complexity index is 592. The molecular formula is C23H37NO4. The average molecular weight is 392 g/mol. The van der Waals surface area contributed by atoms with Crippen LogP contribution < -0.4 is 4.74 Å². The van der Waals surface area contributed by atoms with Crippen LogP contribution in [-0.4, -0.2) is 54.8 Å². The minimum absolute atomic E-state index is 0.0528. The molecule has 5 nitrogen and oxygen atoms in total. The highest BCUT2D eigenvalue weighted by atomic mass is 16.7. The molecule has 0 N–H and O–H groups in total. The van der Waals surface area contributed by atoms with Gasteiger partial charge in [-0.05, 0) is 71.1 Å². The van der Waals surface area contributed by atoms with Gasteiger partial charge in [0.25, 0.3) is 0 Å². The van der Waals surface area contributed by atoms with Crippen LogP contribution in [0, 0.1) is 0 Å². The van der Waals surface area contributed by atoms with E-state index in [0.29, 0.717) is 19.3 Å². The predicted molar refractivity (Wildman–Crippen MR) is 111 cm³/mol. The SMILES string of the molecule is CCCOC1CC(C)(C)N(OCCc2ccc(OCC3CO3)cc2)C(C)(C)C1. The molecule has 0 saturated carbocycles. The molecule has 28 heavy (non-hydrogen) atoms. The molecule has 0 aromatic heterocycles. The highest BCUT2D eigenvalue weighted by Gasteiger charge is 2.46. The third-order valence-electron chi connectivity index (χ3n) is 5.48. The van der Waals surface area contributed by atoms with Crippen molar-refractivity contribution < 1.29 is 19.0 Å². The Balaban J connectivity index is 1.48. The first-order chi connectivity index (χ1) is 13.3. The number of nitrogens with zero attached hydrogens (tertiary/aromatic N) is 1. The maximum atomic E-state index is 6.32. The summed E-state index contributed by atoms with van der Waals surface area (Å²) in [7, 11) is 0.